The molecule has 1 rings (SSSR count). The first-order valence-corrected chi connectivity index (χ1v) is 4.49. The van der Waals surface area contributed by atoms with E-state index in [4.69, 9.17) is 4.74 Å². The van der Waals surface area contributed by atoms with Crippen molar-refractivity contribution in [3.05, 3.63) is 22.2 Å². The lowest BCUT2D eigenvalue weighted by Gasteiger charge is -2.03. The maximum absolute atomic E-state index is 11.1. The lowest BCUT2D eigenvalue weighted by atomic mass is 10.4. The smallest absolute Gasteiger partial charge is 0.254 e. The Bertz CT molecular complexity index is 320. The number of nitrogens with one attached hydrogen (secondary N) is 1. The minimum atomic E-state index is -0.155. The van der Waals surface area contributed by atoms with Crippen molar-refractivity contribution in [1.82, 2.24) is 9.97 Å². The molecule has 13 heavy (non-hydrogen) atoms. The van der Waals surface area contributed by atoms with E-state index in [2.05, 4.69) is 9.97 Å². The van der Waals surface area contributed by atoms with E-state index in [1.165, 1.54) is 6.07 Å². The fourth-order valence-corrected chi connectivity index (χ4v) is 0.932. The molecule has 0 spiro atoms. The van der Waals surface area contributed by atoms with Gasteiger partial charge in [0, 0.05) is 6.42 Å². The molecule has 0 atom stereocenters. The highest BCUT2D eigenvalue weighted by molar-refractivity contribution is 5.08. The Balaban J connectivity index is 2.82. The molecule has 1 aromatic rings. The van der Waals surface area contributed by atoms with Gasteiger partial charge in [0.05, 0.1) is 12.7 Å². The summed E-state index contributed by atoms with van der Waals surface area (Å²) in [5.41, 5.74) is -0.155. The van der Waals surface area contributed by atoms with Crippen LogP contribution in [-0.2, 0) is 6.42 Å². The van der Waals surface area contributed by atoms with Gasteiger partial charge in [0.2, 0.25) is 5.88 Å². The van der Waals surface area contributed by atoms with Gasteiger partial charge < -0.3 is 9.72 Å². The van der Waals surface area contributed by atoms with E-state index in [9.17, 15) is 4.79 Å². The Morgan fingerprint density at radius 3 is 2.92 bits per heavy atom. The van der Waals surface area contributed by atoms with Crippen molar-refractivity contribution in [3.63, 3.8) is 0 Å². The zero-order chi connectivity index (χ0) is 9.68. The molecule has 0 amide bonds. The third kappa shape index (κ3) is 2.89. The first-order chi connectivity index (χ1) is 6.26. The van der Waals surface area contributed by atoms with Gasteiger partial charge in [-0.2, -0.15) is 0 Å². The average molecular weight is 182 g/mol. The highest BCUT2D eigenvalue weighted by Gasteiger charge is 1.99. The molecule has 0 saturated heterocycles. The van der Waals surface area contributed by atoms with Gasteiger partial charge >= 0.3 is 0 Å². The first-order valence-electron chi connectivity index (χ1n) is 4.49. The van der Waals surface area contributed by atoms with E-state index in [0.29, 0.717) is 24.7 Å². The molecule has 0 aromatic carbocycles. The predicted molar refractivity (Wildman–Crippen MR) is 50.0 cm³/mol. The summed E-state index contributed by atoms with van der Waals surface area (Å²) in [6, 6.07) is 1.37. The zero-order valence-electron chi connectivity index (χ0n) is 7.96. The molecular weight excluding hydrogens is 168 g/mol. The number of aromatic nitrogens is 2. The van der Waals surface area contributed by atoms with Crippen LogP contribution >= 0.6 is 0 Å². The molecule has 0 saturated carbocycles. The van der Waals surface area contributed by atoms with Crippen LogP contribution in [0.25, 0.3) is 0 Å². The van der Waals surface area contributed by atoms with Crippen molar-refractivity contribution in [2.45, 2.75) is 26.7 Å². The monoisotopic (exact) mass is 182 g/mol. The molecule has 0 aliphatic rings. The molecule has 0 radical (unpaired) electrons. The van der Waals surface area contributed by atoms with Crippen LogP contribution in [0.5, 0.6) is 5.88 Å². The number of rotatable bonds is 4. The fraction of sp³-hybridized carbons (Fsp3) is 0.556. The molecule has 72 valence electrons. The summed E-state index contributed by atoms with van der Waals surface area (Å²) < 4.78 is 5.25. The molecule has 0 bridgehead atoms. The van der Waals surface area contributed by atoms with Crippen LogP contribution in [0.4, 0.5) is 0 Å². The molecule has 4 heteroatoms. The second-order valence-corrected chi connectivity index (χ2v) is 2.73. The zero-order valence-corrected chi connectivity index (χ0v) is 7.96. The van der Waals surface area contributed by atoms with E-state index in [1.807, 2.05) is 13.8 Å². The van der Waals surface area contributed by atoms with E-state index in [0.717, 1.165) is 6.42 Å². The number of nitrogens with zero attached hydrogens (tertiary/aromatic N) is 1. The van der Waals surface area contributed by atoms with E-state index in [-0.39, 0.29) is 5.56 Å². The second kappa shape index (κ2) is 4.64. The highest BCUT2D eigenvalue weighted by atomic mass is 16.5. The third-order valence-corrected chi connectivity index (χ3v) is 1.56. The molecule has 1 heterocycles. The minimum Gasteiger partial charge on any atom is -0.477 e. The topological polar surface area (TPSA) is 55.0 Å². The number of hydrogen-bond donors (Lipinski definition) is 1. The normalized spacial score (nSPS) is 10.0. The number of aryl methyl sites for hydroxylation is 1. The summed E-state index contributed by atoms with van der Waals surface area (Å²) in [6.07, 6.45) is 1.62. The molecule has 1 aromatic heterocycles. The van der Waals surface area contributed by atoms with Crippen molar-refractivity contribution >= 4 is 0 Å². The number of aromatic amines is 1. The first kappa shape index (κ1) is 9.77. The predicted octanol–water partition coefficient (Wildman–Crippen LogP) is 1.12. The summed E-state index contributed by atoms with van der Waals surface area (Å²) in [5.74, 6) is 1.08. The van der Waals surface area contributed by atoms with Gasteiger partial charge in [0.15, 0.2) is 0 Å². The van der Waals surface area contributed by atoms with Crippen LogP contribution in [0.2, 0.25) is 0 Å². The molecule has 0 fully saturated rings. The maximum atomic E-state index is 11.1. The van der Waals surface area contributed by atoms with Crippen LogP contribution in [0.1, 0.15) is 26.1 Å². The average Bonchev–Trinajstić information content (AvgIpc) is 2.14. The summed E-state index contributed by atoms with van der Waals surface area (Å²) in [6.45, 7) is 4.54. The van der Waals surface area contributed by atoms with Gasteiger partial charge in [0.25, 0.3) is 5.56 Å². The Kier molecular flexibility index (Phi) is 3.49. The van der Waals surface area contributed by atoms with Gasteiger partial charge in [-0.15, -0.1) is 0 Å². The second-order valence-electron chi connectivity index (χ2n) is 2.73. The fourth-order valence-electron chi connectivity index (χ4n) is 0.932. The van der Waals surface area contributed by atoms with Crippen LogP contribution in [0.3, 0.4) is 0 Å². The van der Waals surface area contributed by atoms with Crippen molar-refractivity contribution in [3.8, 4) is 5.88 Å². The van der Waals surface area contributed by atoms with E-state index < -0.39 is 0 Å². The van der Waals surface area contributed by atoms with Crippen molar-refractivity contribution in [1.29, 1.82) is 0 Å². The highest BCUT2D eigenvalue weighted by Crippen LogP contribution is 2.02. The largest absolute Gasteiger partial charge is 0.477 e. The van der Waals surface area contributed by atoms with E-state index in [1.54, 1.807) is 0 Å². The number of hydrogen-bond acceptors (Lipinski definition) is 3. The van der Waals surface area contributed by atoms with Crippen LogP contribution < -0.4 is 10.3 Å². The lowest BCUT2D eigenvalue weighted by molar-refractivity contribution is 0.303. The van der Waals surface area contributed by atoms with Crippen LogP contribution in [0, 0.1) is 0 Å². The molecule has 4 nitrogen and oxygen atoms in total. The maximum Gasteiger partial charge on any atom is 0.254 e. The third-order valence-electron chi connectivity index (χ3n) is 1.56. The molecular formula is C9H14N2O2. The molecule has 0 aliphatic heterocycles. The van der Waals surface area contributed by atoms with Gasteiger partial charge in [-0.05, 0) is 6.42 Å². The molecule has 0 aliphatic carbocycles. The Hall–Kier alpha value is -1.32. The molecule has 0 unspecified atom stereocenters. The van der Waals surface area contributed by atoms with Gasteiger partial charge in [-0.1, -0.05) is 13.8 Å². The standard InChI is InChI=1S/C9H14N2O2/c1-3-5-13-9-6-8(12)10-7(4-2)11-9/h6H,3-5H2,1-2H3,(H,10,11,12). The summed E-state index contributed by atoms with van der Waals surface area (Å²) >= 11 is 0. The van der Waals surface area contributed by atoms with Gasteiger partial charge in [0.1, 0.15) is 5.82 Å². The summed E-state index contributed by atoms with van der Waals surface area (Å²) in [4.78, 5) is 17.8. The van der Waals surface area contributed by atoms with Crippen LogP contribution in [-0.4, -0.2) is 16.6 Å². The van der Waals surface area contributed by atoms with Crippen molar-refractivity contribution < 1.29 is 4.74 Å². The lowest BCUT2D eigenvalue weighted by Crippen LogP contribution is -2.11. The Morgan fingerprint density at radius 1 is 1.54 bits per heavy atom. The molecule has 1 N–H and O–H groups in total. The SMILES string of the molecule is CCCOc1cc(=O)[nH]c(CC)n1. The van der Waals surface area contributed by atoms with Crippen molar-refractivity contribution in [2.24, 2.45) is 0 Å². The summed E-state index contributed by atoms with van der Waals surface area (Å²) in [7, 11) is 0. The number of H-pyrrole nitrogens is 1. The minimum absolute atomic E-state index is 0.155. The van der Waals surface area contributed by atoms with E-state index >= 15 is 0 Å². The summed E-state index contributed by atoms with van der Waals surface area (Å²) in [5, 5.41) is 0. The van der Waals surface area contributed by atoms with Gasteiger partial charge in [-0.3, -0.25) is 4.79 Å². The Labute approximate surface area is 77.0 Å². The van der Waals surface area contributed by atoms with Gasteiger partial charge in [-0.25, -0.2) is 4.98 Å². The van der Waals surface area contributed by atoms with Crippen molar-refractivity contribution in [2.75, 3.05) is 6.61 Å². The quantitative estimate of drug-likeness (QED) is 0.759. The Morgan fingerprint density at radius 2 is 2.31 bits per heavy atom. The number of ether oxygens (including phenoxy) is 1. The van der Waals surface area contributed by atoms with Crippen LogP contribution in [0.15, 0.2) is 10.9 Å².